The van der Waals surface area contributed by atoms with Crippen LogP contribution in [0.4, 0.5) is 13.2 Å². The fourth-order valence-electron chi connectivity index (χ4n) is 0.968. The molecule has 2 N–H and O–H groups in total. The average molecular weight is 219 g/mol. The van der Waals surface area contributed by atoms with Gasteiger partial charge in [0.25, 0.3) is 0 Å². The molecular weight excluding hydrogens is 207 g/mol. The van der Waals surface area contributed by atoms with Crippen molar-refractivity contribution in [2.75, 3.05) is 6.61 Å². The maximum Gasteiger partial charge on any atom is 0.416 e. The number of benzene rings is 1. The van der Waals surface area contributed by atoms with Crippen LogP contribution in [0.5, 0.6) is 5.75 Å². The molecule has 0 aliphatic rings. The Balaban J connectivity index is 2.65. The van der Waals surface area contributed by atoms with Gasteiger partial charge in [-0.15, -0.1) is 0 Å². The van der Waals surface area contributed by atoms with Gasteiger partial charge >= 0.3 is 6.18 Å². The third kappa shape index (κ3) is 3.79. The highest BCUT2D eigenvalue weighted by atomic mass is 19.4. The second-order valence-corrected chi connectivity index (χ2v) is 3.31. The van der Waals surface area contributed by atoms with Gasteiger partial charge in [0, 0.05) is 6.04 Å². The predicted molar refractivity (Wildman–Crippen MR) is 50.6 cm³/mol. The summed E-state index contributed by atoms with van der Waals surface area (Å²) in [6, 6.07) is 4.39. The largest absolute Gasteiger partial charge is 0.492 e. The molecule has 1 rings (SSSR count). The van der Waals surface area contributed by atoms with Crippen molar-refractivity contribution < 1.29 is 17.9 Å². The Morgan fingerprint density at radius 3 is 2.20 bits per heavy atom. The number of hydrogen-bond acceptors (Lipinski definition) is 2. The number of alkyl halides is 3. The molecule has 5 heteroatoms. The number of halogens is 3. The van der Waals surface area contributed by atoms with E-state index in [1.807, 2.05) is 0 Å². The molecule has 0 amide bonds. The first kappa shape index (κ1) is 11.8. The van der Waals surface area contributed by atoms with Crippen LogP contribution in [0.15, 0.2) is 24.3 Å². The summed E-state index contributed by atoms with van der Waals surface area (Å²) < 4.78 is 41.7. The van der Waals surface area contributed by atoms with Crippen molar-refractivity contribution in [1.82, 2.24) is 0 Å². The molecule has 1 atom stereocenters. The molecule has 0 bridgehead atoms. The van der Waals surface area contributed by atoms with Crippen molar-refractivity contribution in [3.8, 4) is 5.75 Å². The van der Waals surface area contributed by atoms with E-state index < -0.39 is 11.7 Å². The Morgan fingerprint density at radius 1 is 1.27 bits per heavy atom. The highest BCUT2D eigenvalue weighted by Crippen LogP contribution is 2.30. The zero-order valence-electron chi connectivity index (χ0n) is 8.21. The average Bonchev–Trinajstić information content (AvgIpc) is 2.14. The van der Waals surface area contributed by atoms with E-state index in [0.29, 0.717) is 5.75 Å². The molecule has 0 unspecified atom stereocenters. The third-order valence-corrected chi connectivity index (χ3v) is 1.69. The Morgan fingerprint density at radius 2 is 1.80 bits per heavy atom. The van der Waals surface area contributed by atoms with Gasteiger partial charge in [0.1, 0.15) is 12.4 Å². The van der Waals surface area contributed by atoms with Crippen molar-refractivity contribution >= 4 is 0 Å². The van der Waals surface area contributed by atoms with E-state index in [-0.39, 0.29) is 12.6 Å². The summed E-state index contributed by atoms with van der Waals surface area (Å²) in [5.41, 5.74) is 4.75. The first-order valence-corrected chi connectivity index (χ1v) is 4.45. The van der Waals surface area contributed by atoms with Crippen LogP contribution in [0.3, 0.4) is 0 Å². The van der Waals surface area contributed by atoms with Crippen molar-refractivity contribution in [3.05, 3.63) is 29.8 Å². The van der Waals surface area contributed by atoms with Crippen molar-refractivity contribution in [1.29, 1.82) is 0 Å². The van der Waals surface area contributed by atoms with E-state index in [1.165, 1.54) is 12.1 Å². The second kappa shape index (κ2) is 4.53. The van der Waals surface area contributed by atoms with Gasteiger partial charge in [0.2, 0.25) is 0 Å². The SMILES string of the molecule is C[C@@H](N)COc1ccc(C(F)(F)F)cc1. The fourth-order valence-corrected chi connectivity index (χ4v) is 0.968. The van der Waals surface area contributed by atoms with Gasteiger partial charge in [-0.2, -0.15) is 13.2 Å². The maximum absolute atomic E-state index is 12.2. The number of ether oxygens (including phenoxy) is 1. The van der Waals surface area contributed by atoms with Crippen molar-refractivity contribution in [2.24, 2.45) is 5.73 Å². The Hall–Kier alpha value is -1.23. The van der Waals surface area contributed by atoms with E-state index in [0.717, 1.165) is 12.1 Å². The molecule has 2 nitrogen and oxygen atoms in total. The summed E-state index contributed by atoms with van der Waals surface area (Å²) in [7, 11) is 0. The van der Waals surface area contributed by atoms with E-state index in [9.17, 15) is 13.2 Å². The summed E-state index contributed by atoms with van der Waals surface area (Å²) in [5, 5.41) is 0. The lowest BCUT2D eigenvalue weighted by Crippen LogP contribution is -2.23. The van der Waals surface area contributed by atoms with Crippen LogP contribution in [0.25, 0.3) is 0 Å². The standard InChI is InChI=1S/C10H12F3NO/c1-7(14)6-15-9-4-2-8(3-5-9)10(11,12)13/h2-5,7H,6,14H2,1H3/t7-/m1/s1. The molecule has 1 aromatic carbocycles. The lowest BCUT2D eigenvalue weighted by molar-refractivity contribution is -0.137. The zero-order chi connectivity index (χ0) is 11.5. The topological polar surface area (TPSA) is 35.2 Å². The van der Waals surface area contributed by atoms with Crippen molar-refractivity contribution in [2.45, 2.75) is 19.1 Å². The van der Waals surface area contributed by atoms with Gasteiger partial charge in [-0.3, -0.25) is 0 Å². The van der Waals surface area contributed by atoms with Crippen LogP contribution in [-0.2, 0) is 6.18 Å². The molecule has 0 aliphatic carbocycles. The van der Waals surface area contributed by atoms with E-state index >= 15 is 0 Å². The predicted octanol–water partition coefficient (Wildman–Crippen LogP) is 2.43. The highest BCUT2D eigenvalue weighted by Gasteiger charge is 2.29. The smallest absolute Gasteiger partial charge is 0.416 e. The fraction of sp³-hybridized carbons (Fsp3) is 0.400. The second-order valence-electron chi connectivity index (χ2n) is 3.31. The van der Waals surface area contributed by atoms with Gasteiger partial charge < -0.3 is 10.5 Å². The minimum atomic E-state index is -4.31. The van der Waals surface area contributed by atoms with Gasteiger partial charge in [-0.1, -0.05) is 0 Å². The van der Waals surface area contributed by atoms with Gasteiger partial charge in [0.15, 0.2) is 0 Å². The Labute approximate surface area is 85.8 Å². The normalized spacial score (nSPS) is 13.7. The molecule has 0 heterocycles. The van der Waals surface area contributed by atoms with Crippen LogP contribution in [0.1, 0.15) is 12.5 Å². The van der Waals surface area contributed by atoms with Gasteiger partial charge in [0.05, 0.1) is 5.56 Å². The van der Waals surface area contributed by atoms with Crippen LogP contribution >= 0.6 is 0 Å². The molecule has 1 aromatic rings. The molecule has 0 aromatic heterocycles. The molecule has 0 radical (unpaired) electrons. The Kier molecular flexibility index (Phi) is 3.57. The summed E-state index contributed by atoms with van der Waals surface area (Å²) in [6.07, 6.45) is -4.31. The molecule has 0 spiro atoms. The molecular formula is C10H12F3NO. The van der Waals surface area contributed by atoms with Crippen molar-refractivity contribution in [3.63, 3.8) is 0 Å². The summed E-state index contributed by atoms with van der Waals surface area (Å²) >= 11 is 0. The molecule has 0 saturated carbocycles. The first-order chi connectivity index (χ1) is 6.89. The summed E-state index contributed by atoms with van der Waals surface area (Å²) in [4.78, 5) is 0. The molecule has 0 saturated heterocycles. The van der Waals surface area contributed by atoms with Gasteiger partial charge in [-0.05, 0) is 31.2 Å². The van der Waals surface area contributed by atoms with E-state index in [2.05, 4.69) is 0 Å². The quantitative estimate of drug-likeness (QED) is 0.847. The lowest BCUT2D eigenvalue weighted by atomic mass is 10.2. The minimum absolute atomic E-state index is 0.146. The van der Waals surface area contributed by atoms with Crippen LogP contribution in [0, 0.1) is 0 Å². The molecule has 15 heavy (non-hydrogen) atoms. The number of rotatable bonds is 3. The molecule has 0 aliphatic heterocycles. The lowest BCUT2D eigenvalue weighted by Gasteiger charge is -2.10. The number of nitrogens with two attached hydrogens (primary N) is 1. The first-order valence-electron chi connectivity index (χ1n) is 4.45. The maximum atomic E-state index is 12.2. The van der Waals surface area contributed by atoms with E-state index in [1.54, 1.807) is 6.92 Å². The minimum Gasteiger partial charge on any atom is -0.492 e. The van der Waals surface area contributed by atoms with Crippen LogP contribution in [0.2, 0.25) is 0 Å². The van der Waals surface area contributed by atoms with E-state index in [4.69, 9.17) is 10.5 Å². The monoisotopic (exact) mass is 219 g/mol. The summed E-state index contributed by atoms with van der Waals surface area (Å²) in [6.45, 7) is 2.04. The zero-order valence-corrected chi connectivity index (χ0v) is 8.21. The highest BCUT2D eigenvalue weighted by molar-refractivity contribution is 5.28. The summed E-state index contributed by atoms with van der Waals surface area (Å²) in [5.74, 6) is 0.389. The van der Waals surface area contributed by atoms with Gasteiger partial charge in [-0.25, -0.2) is 0 Å². The third-order valence-electron chi connectivity index (χ3n) is 1.69. The molecule has 84 valence electrons. The molecule has 0 fully saturated rings. The number of hydrogen-bond donors (Lipinski definition) is 1. The van der Waals surface area contributed by atoms with Crippen LogP contribution in [-0.4, -0.2) is 12.6 Å². The Bertz CT molecular complexity index is 305. The van der Waals surface area contributed by atoms with Crippen LogP contribution < -0.4 is 10.5 Å².